The van der Waals surface area contributed by atoms with Gasteiger partial charge in [-0.05, 0) is 116 Å². The third-order valence-corrected chi connectivity index (χ3v) is 14.2. The Balaban J connectivity index is 4.68. The molecule has 2 N–H and O–H groups in total. The van der Waals surface area contributed by atoms with Gasteiger partial charge in [-0.1, -0.05) is 228 Å². The van der Waals surface area contributed by atoms with Gasteiger partial charge in [-0.3, -0.25) is 23.4 Å². The molecule has 0 bridgehead atoms. The molecule has 0 amide bonds. The fourth-order valence-corrected chi connectivity index (χ4v) is 9.27. The molecular weight excluding hydrogens is 1000 g/mol. The van der Waals surface area contributed by atoms with E-state index in [1.807, 2.05) is 0 Å². The van der Waals surface area contributed by atoms with Crippen molar-refractivity contribution in [2.24, 2.45) is 0 Å². The van der Waals surface area contributed by atoms with Crippen molar-refractivity contribution >= 4 is 25.7 Å². The number of phosphoric acid groups is 1. The van der Waals surface area contributed by atoms with Gasteiger partial charge in [0.15, 0.2) is 6.10 Å². The van der Waals surface area contributed by atoms with Gasteiger partial charge in [-0.2, -0.15) is 0 Å². The molecule has 0 rings (SSSR count). The molecule has 0 heterocycles. The van der Waals surface area contributed by atoms with Crippen LogP contribution in [-0.4, -0.2) is 66.5 Å². The van der Waals surface area contributed by atoms with Crippen molar-refractivity contribution in [3.8, 4) is 0 Å². The monoisotopic (exact) mass is 1110 g/mol. The molecule has 0 aliphatic rings. The molecule has 78 heavy (non-hydrogen) atoms. The fourth-order valence-electron chi connectivity index (χ4n) is 8.49. The molecule has 3 unspecified atom stereocenters. The molecule has 0 saturated carbocycles. The first-order chi connectivity index (χ1) is 38.2. The Kier molecular flexibility index (Phi) is 57.2. The van der Waals surface area contributed by atoms with Crippen LogP contribution in [-0.2, 0) is 42.2 Å². The van der Waals surface area contributed by atoms with E-state index in [4.69, 9.17) is 23.3 Å². The predicted molar refractivity (Wildman–Crippen MR) is 325 cm³/mol. The maximum absolute atomic E-state index is 12.9. The van der Waals surface area contributed by atoms with Crippen LogP contribution in [0.15, 0.2) is 85.1 Å². The first-order valence-corrected chi connectivity index (χ1v) is 33.0. The van der Waals surface area contributed by atoms with E-state index in [1.165, 1.54) is 116 Å². The highest BCUT2D eigenvalue weighted by Gasteiger charge is 2.28. The minimum Gasteiger partial charge on any atom is -0.462 e. The van der Waals surface area contributed by atoms with Crippen molar-refractivity contribution in [3.05, 3.63) is 85.1 Å². The van der Waals surface area contributed by atoms with Crippen LogP contribution in [0.4, 0.5) is 0 Å². The molecule has 450 valence electrons. The molecule has 0 aliphatic heterocycles. The standard InChI is InChI=1S/C66H115O11P/c1-4-7-10-13-16-19-22-25-27-29-31-33-35-38-41-44-47-50-53-56-65(69)76-62(58-67)60-74-78(71,72)75-61-63(59-73-64(68)55-52-49-46-43-40-37-24-21-18-15-12-9-6-3)77-66(70)57-54-51-48-45-42-39-36-34-32-30-28-26-23-20-17-14-11-8-5-2/h9,12,16-21,25-28,37,40,62-63,67H,4-8,10-11,13-15,22-24,29-36,38-39,41-61H2,1-3H3,(H,71,72)/b12-9-,19-16-,20-17-,21-18-,27-25-,28-26-,40-37-. The summed E-state index contributed by atoms with van der Waals surface area (Å²) in [5, 5.41) is 9.85. The van der Waals surface area contributed by atoms with Crippen LogP contribution in [0.2, 0.25) is 0 Å². The molecular formula is C66H115O11P. The summed E-state index contributed by atoms with van der Waals surface area (Å²) in [4.78, 5) is 48.7. The summed E-state index contributed by atoms with van der Waals surface area (Å²) < 4.78 is 39.6. The molecule has 0 fully saturated rings. The van der Waals surface area contributed by atoms with E-state index < -0.39 is 57.8 Å². The lowest BCUT2D eigenvalue weighted by Crippen LogP contribution is -2.30. The van der Waals surface area contributed by atoms with Gasteiger partial charge in [0.2, 0.25) is 0 Å². The first-order valence-electron chi connectivity index (χ1n) is 31.5. The molecule has 0 aliphatic carbocycles. The second-order valence-corrected chi connectivity index (χ2v) is 22.3. The zero-order valence-electron chi connectivity index (χ0n) is 49.9. The highest BCUT2D eigenvalue weighted by atomic mass is 31.2. The summed E-state index contributed by atoms with van der Waals surface area (Å²) in [7, 11) is -4.76. The van der Waals surface area contributed by atoms with E-state index >= 15 is 0 Å². The summed E-state index contributed by atoms with van der Waals surface area (Å²) >= 11 is 0. The summed E-state index contributed by atoms with van der Waals surface area (Å²) in [6.07, 6.45) is 69.6. The number of phosphoric ester groups is 1. The molecule has 0 saturated heterocycles. The van der Waals surface area contributed by atoms with Crippen LogP contribution < -0.4 is 0 Å². The average molecular weight is 1120 g/mol. The van der Waals surface area contributed by atoms with Gasteiger partial charge in [-0.25, -0.2) is 4.57 Å². The normalized spacial score (nSPS) is 13.9. The van der Waals surface area contributed by atoms with Crippen molar-refractivity contribution in [3.63, 3.8) is 0 Å². The molecule has 12 heteroatoms. The number of unbranched alkanes of at least 4 members (excludes halogenated alkanes) is 27. The molecule has 0 radical (unpaired) electrons. The summed E-state index contributed by atoms with van der Waals surface area (Å²) in [5.74, 6) is -1.50. The number of hydrogen-bond acceptors (Lipinski definition) is 10. The Morgan fingerprint density at radius 2 is 0.667 bits per heavy atom. The van der Waals surface area contributed by atoms with Crippen LogP contribution >= 0.6 is 7.82 Å². The predicted octanol–water partition coefficient (Wildman–Crippen LogP) is 19.0. The Morgan fingerprint density at radius 1 is 0.372 bits per heavy atom. The molecule has 0 aromatic heterocycles. The van der Waals surface area contributed by atoms with Crippen molar-refractivity contribution in [2.45, 2.75) is 290 Å². The molecule has 0 aromatic carbocycles. The quantitative estimate of drug-likeness (QED) is 0.0197. The number of carbonyl (C=O) groups excluding carboxylic acids is 3. The lowest BCUT2D eigenvalue weighted by atomic mass is 10.1. The average Bonchev–Trinajstić information content (AvgIpc) is 3.43. The van der Waals surface area contributed by atoms with Crippen molar-refractivity contribution < 1.29 is 52.2 Å². The minimum absolute atomic E-state index is 0.154. The van der Waals surface area contributed by atoms with Gasteiger partial charge in [0, 0.05) is 19.3 Å². The lowest BCUT2D eigenvalue weighted by molar-refractivity contribution is -0.161. The maximum atomic E-state index is 12.9. The van der Waals surface area contributed by atoms with Crippen LogP contribution in [0.3, 0.4) is 0 Å². The number of aliphatic hydroxyl groups excluding tert-OH is 1. The summed E-state index contributed by atoms with van der Waals surface area (Å²) in [5.41, 5.74) is 0. The first kappa shape index (κ1) is 74.7. The number of esters is 3. The maximum Gasteiger partial charge on any atom is 0.472 e. The molecule has 11 nitrogen and oxygen atoms in total. The largest absolute Gasteiger partial charge is 0.472 e. The van der Waals surface area contributed by atoms with Gasteiger partial charge in [0.25, 0.3) is 0 Å². The van der Waals surface area contributed by atoms with Gasteiger partial charge < -0.3 is 24.2 Å². The van der Waals surface area contributed by atoms with E-state index in [-0.39, 0.29) is 25.9 Å². The summed E-state index contributed by atoms with van der Waals surface area (Å²) in [6, 6.07) is 0. The smallest absolute Gasteiger partial charge is 0.462 e. The van der Waals surface area contributed by atoms with Gasteiger partial charge in [0.1, 0.15) is 12.7 Å². The molecule has 3 atom stereocenters. The number of allylic oxidation sites excluding steroid dienone is 14. The zero-order valence-corrected chi connectivity index (χ0v) is 50.8. The van der Waals surface area contributed by atoms with Crippen LogP contribution in [0, 0.1) is 0 Å². The SMILES string of the molecule is CC/C=C\C/C=C\C/C=C\CCCCCC(=O)OCC(COP(=O)(O)OCC(CO)OC(=O)CCCCCCCCCCC/C=C\C/C=C\CCCCC)OC(=O)CCCCCCCCCCC/C=C\C/C=C\CCCCC. The van der Waals surface area contributed by atoms with Gasteiger partial charge in [0.05, 0.1) is 19.8 Å². The third kappa shape index (κ3) is 57.3. The van der Waals surface area contributed by atoms with E-state index in [1.54, 1.807) is 0 Å². The van der Waals surface area contributed by atoms with Crippen LogP contribution in [0.25, 0.3) is 0 Å². The third-order valence-electron chi connectivity index (χ3n) is 13.3. The van der Waals surface area contributed by atoms with Crippen molar-refractivity contribution in [1.29, 1.82) is 0 Å². The second kappa shape index (κ2) is 59.8. The van der Waals surface area contributed by atoms with Crippen molar-refractivity contribution in [2.75, 3.05) is 26.4 Å². The number of hydrogen-bond donors (Lipinski definition) is 2. The minimum atomic E-state index is -4.76. The zero-order chi connectivity index (χ0) is 56.9. The lowest BCUT2D eigenvalue weighted by Gasteiger charge is -2.21. The van der Waals surface area contributed by atoms with E-state index in [9.17, 15) is 28.9 Å². The van der Waals surface area contributed by atoms with Gasteiger partial charge >= 0.3 is 25.7 Å². The Labute approximate surface area is 477 Å². The number of rotatable bonds is 58. The Morgan fingerprint density at radius 3 is 1.04 bits per heavy atom. The molecule has 0 spiro atoms. The Bertz CT molecular complexity index is 1630. The van der Waals surface area contributed by atoms with E-state index in [0.717, 1.165) is 103 Å². The second-order valence-electron chi connectivity index (χ2n) is 20.8. The highest BCUT2D eigenvalue weighted by molar-refractivity contribution is 7.47. The topological polar surface area (TPSA) is 155 Å². The molecule has 0 aromatic rings. The summed E-state index contributed by atoms with van der Waals surface area (Å²) in [6.45, 7) is 4.47. The van der Waals surface area contributed by atoms with Crippen LogP contribution in [0.5, 0.6) is 0 Å². The van der Waals surface area contributed by atoms with Gasteiger partial charge in [-0.15, -0.1) is 0 Å². The number of aliphatic hydroxyl groups is 1. The van der Waals surface area contributed by atoms with E-state index in [0.29, 0.717) is 19.3 Å². The van der Waals surface area contributed by atoms with Crippen molar-refractivity contribution in [1.82, 2.24) is 0 Å². The Hall–Kier alpha value is -3.34. The van der Waals surface area contributed by atoms with E-state index in [2.05, 4.69) is 106 Å². The fraction of sp³-hybridized carbons (Fsp3) is 0.742. The number of carbonyl (C=O) groups is 3. The number of ether oxygens (including phenoxy) is 3. The highest BCUT2D eigenvalue weighted by Crippen LogP contribution is 2.43. The van der Waals surface area contributed by atoms with Crippen LogP contribution in [0.1, 0.15) is 278 Å².